The highest BCUT2D eigenvalue weighted by molar-refractivity contribution is 6.07. The average Bonchev–Trinajstić information content (AvgIpc) is 3.70. The summed E-state index contributed by atoms with van der Waals surface area (Å²) in [6.45, 7) is 20.6. The number of benzene rings is 3. The molecule has 0 bridgehead atoms. The second-order valence-corrected chi connectivity index (χ2v) is 16.7. The van der Waals surface area contributed by atoms with Crippen molar-refractivity contribution in [2.24, 2.45) is 0 Å². The van der Waals surface area contributed by atoms with Crippen molar-refractivity contribution < 1.29 is 23.8 Å². The number of rotatable bonds is 15. The zero-order valence-electron chi connectivity index (χ0n) is 37.2. The van der Waals surface area contributed by atoms with Crippen molar-refractivity contribution in [1.29, 1.82) is 0 Å². The van der Waals surface area contributed by atoms with Crippen molar-refractivity contribution in [3.8, 4) is 11.4 Å². The Balaban J connectivity index is 0.000000564. The van der Waals surface area contributed by atoms with E-state index in [-0.39, 0.29) is 24.0 Å². The zero-order chi connectivity index (χ0) is 43.9. The first-order valence-corrected chi connectivity index (χ1v) is 21.5. The molecule has 0 radical (unpaired) electrons. The third-order valence-electron chi connectivity index (χ3n) is 10.9. The van der Waals surface area contributed by atoms with E-state index >= 15 is 0 Å². The van der Waals surface area contributed by atoms with Gasteiger partial charge in [0.15, 0.2) is 0 Å². The van der Waals surface area contributed by atoms with E-state index in [1.807, 2.05) is 85.8 Å². The molecule has 2 aromatic heterocycles. The number of ether oxygens (including phenoxy) is 3. The first kappa shape index (κ1) is 46.1. The summed E-state index contributed by atoms with van der Waals surface area (Å²) in [5, 5.41) is 18.8. The van der Waals surface area contributed by atoms with E-state index in [1.165, 1.54) is 13.1 Å². The van der Waals surface area contributed by atoms with Crippen LogP contribution in [-0.4, -0.2) is 141 Å². The first-order chi connectivity index (χ1) is 30.0. The minimum Gasteiger partial charge on any atom is -0.488 e. The minimum absolute atomic E-state index is 0.0942. The molecular formula is C47H64N10O5. The third kappa shape index (κ3) is 13.5. The Labute approximate surface area is 366 Å². The monoisotopic (exact) mass is 849 g/mol. The van der Waals surface area contributed by atoms with Crippen LogP contribution in [0.1, 0.15) is 37.6 Å². The molecular weight excluding hydrogens is 785 g/mol. The summed E-state index contributed by atoms with van der Waals surface area (Å²) in [6, 6.07) is 24.7. The lowest BCUT2D eigenvalue weighted by atomic mass is 9.92. The van der Waals surface area contributed by atoms with Crippen molar-refractivity contribution in [3.05, 3.63) is 102 Å². The van der Waals surface area contributed by atoms with Gasteiger partial charge in [0.25, 0.3) is 0 Å². The molecule has 3 amide bonds. The lowest BCUT2D eigenvalue weighted by Crippen LogP contribution is -2.49. The van der Waals surface area contributed by atoms with Crippen LogP contribution in [0.15, 0.2) is 85.1 Å². The van der Waals surface area contributed by atoms with Gasteiger partial charge < -0.3 is 30.2 Å². The maximum atomic E-state index is 13.4. The molecule has 62 heavy (non-hydrogen) atoms. The van der Waals surface area contributed by atoms with Gasteiger partial charge >= 0.3 is 6.03 Å². The van der Waals surface area contributed by atoms with Crippen molar-refractivity contribution in [3.63, 3.8) is 0 Å². The molecule has 2 saturated heterocycles. The Bertz CT molecular complexity index is 2190. The molecule has 15 nitrogen and oxygen atoms in total. The largest absolute Gasteiger partial charge is 0.488 e. The summed E-state index contributed by atoms with van der Waals surface area (Å²) < 4.78 is 18.2. The summed E-state index contributed by atoms with van der Waals surface area (Å²) in [4.78, 5) is 37.5. The molecule has 0 saturated carbocycles. The van der Waals surface area contributed by atoms with E-state index in [1.54, 1.807) is 25.1 Å². The van der Waals surface area contributed by atoms with Crippen LogP contribution in [0.25, 0.3) is 16.5 Å². The summed E-state index contributed by atoms with van der Waals surface area (Å²) in [6.07, 6.45) is 1.67. The normalized spacial score (nSPS) is 15.1. The second-order valence-electron chi connectivity index (χ2n) is 16.7. The Hall–Kier alpha value is -5.42. The number of urea groups is 1. The van der Waals surface area contributed by atoms with Crippen LogP contribution in [0.5, 0.6) is 5.75 Å². The topological polar surface area (TPSA) is 150 Å². The number of hydrogen-bond acceptors (Lipinski definition) is 11. The van der Waals surface area contributed by atoms with Crippen LogP contribution >= 0.6 is 0 Å². The number of aryl methyl sites for hydroxylation is 1. The number of piperazine rings is 2. The van der Waals surface area contributed by atoms with Crippen molar-refractivity contribution >= 4 is 40.0 Å². The Morgan fingerprint density at radius 3 is 2.10 bits per heavy atom. The van der Waals surface area contributed by atoms with Crippen LogP contribution in [0.2, 0.25) is 0 Å². The predicted octanol–water partition coefficient (Wildman–Crippen LogP) is 5.99. The van der Waals surface area contributed by atoms with Gasteiger partial charge in [0, 0.05) is 108 Å². The van der Waals surface area contributed by atoms with Gasteiger partial charge in [0.1, 0.15) is 24.0 Å². The second kappa shape index (κ2) is 22.6. The third-order valence-corrected chi connectivity index (χ3v) is 10.9. The van der Waals surface area contributed by atoms with Gasteiger partial charge in [-0.2, -0.15) is 5.10 Å². The molecule has 4 heterocycles. The number of fused-ring (bicyclic) bond motifs is 1. The van der Waals surface area contributed by atoms with Gasteiger partial charge in [0.2, 0.25) is 5.91 Å². The highest BCUT2D eigenvalue weighted by atomic mass is 16.5. The number of methoxy groups -OCH3 is 2. The molecule has 4 N–H and O–H groups in total. The Kier molecular flexibility index (Phi) is 16.8. The summed E-state index contributed by atoms with van der Waals surface area (Å²) >= 11 is 0. The number of anilines is 3. The highest BCUT2D eigenvalue weighted by Gasteiger charge is 2.23. The summed E-state index contributed by atoms with van der Waals surface area (Å²) in [5.41, 5.74) is 4.16. The lowest BCUT2D eigenvalue weighted by molar-refractivity contribution is -0.117. The summed E-state index contributed by atoms with van der Waals surface area (Å²) in [5.74, 6) is 1.63. The molecule has 0 aliphatic carbocycles. The van der Waals surface area contributed by atoms with Crippen LogP contribution in [0, 0.1) is 6.92 Å². The van der Waals surface area contributed by atoms with E-state index < -0.39 is 0 Å². The molecule has 0 atom stereocenters. The molecule has 5 aromatic rings. The standard InChI is InChI=1S/C40H48N8O4.C7H16N2O/c1-28-10-12-30(13-11-28)48-37(25-35(45-48)40(2,3)4)44-39(50)42-33-14-15-34(32-9-7-6-8-31(32)33)52-27-29-16-17-41-36(24-29)43-38(49)26-47-20-18-46(19-21-47)22-23-51-5;1-10-7-6-9-4-2-8-3-5-9/h6-17,24-25H,18-23,26-27H2,1-5H3,(H,41,43,49)(H2,42,44,50);8H,2-7H2,1H3. The van der Waals surface area contributed by atoms with Crippen LogP contribution in [0.4, 0.5) is 22.1 Å². The van der Waals surface area contributed by atoms with Crippen LogP contribution in [-0.2, 0) is 26.3 Å². The van der Waals surface area contributed by atoms with E-state index in [4.69, 9.17) is 19.3 Å². The molecule has 3 aromatic carbocycles. The smallest absolute Gasteiger partial charge is 0.324 e. The van der Waals surface area contributed by atoms with Gasteiger partial charge in [-0.05, 0) is 48.9 Å². The number of carbonyl (C=O) groups is 2. The van der Waals surface area contributed by atoms with Gasteiger partial charge in [-0.1, -0.05) is 62.7 Å². The number of hydrogen-bond donors (Lipinski definition) is 4. The van der Waals surface area contributed by atoms with Gasteiger partial charge in [-0.3, -0.25) is 24.8 Å². The maximum absolute atomic E-state index is 13.4. The first-order valence-electron chi connectivity index (χ1n) is 21.5. The quantitative estimate of drug-likeness (QED) is 0.0985. The Morgan fingerprint density at radius 2 is 1.42 bits per heavy atom. The van der Waals surface area contributed by atoms with Gasteiger partial charge in [-0.25, -0.2) is 14.5 Å². The number of amides is 3. The lowest BCUT2D eigenvalue weighted by Gasteiger charge is -2.34. The fourth-order valence-electron chi connectivity index (χ4n) is 7.22. The molecule has 2 aliphatic rings. The predicted molar refractivity (Wildman–Crippen MR) is 247 cm³/mol. The van der Waals surface area contributed by atoms with Crippen molar-refractivity contribution in [2.75, 3.05) is 115 Å². The molecule has 2 aliphatic heterocycles. The van der Waals surface area contributed by atoms with E-state index in [0.29, 0.717) is 36.2 Å². The number of carbonyl (C=O) groups excluding carboxylic acids is 2. The molecule has 0 unspecified atom stereocenters. The molecule has 7 rings (SSSR count). The van der Waals surface area contributed by atoms with E-state index in [2.05, 4.69) is 61.7 Å². The van der Waals surface area contributed by atoms with Gasteiger partial charge in [0.05, 0.1) is 36.8 Å². The average molecular weight is 849 g/mol. The fraction of sp³-hybridized carbons (Fsp3) is 0.447. The maximum Gasteiger partial charge on any atom is 0.324 e. The SMILES string of the molecule is COCCN1CCN(CC(=O)Nc2cc(COc3ccc(NC(=O)Nc4cc(C(C)(C)C)nn4-c4ccc(C)cc4)c4ccccc34)ccn2)CC1.COCCN1CCNCC1. The number of pyridine rings is 1. The van der Waals surface area contributed by atoms with Crippen LogP contribution in [0.3, 0.4) is 0 Å². The highest BCUT2D eigenvalue weighted by Crippen LogP contribution is 2.33. The zero-order valence-corrected chi connectivity index (χ0v) is 37.2. The number of nitrogens with one attached hydrogen (secondary N) is 4. The number of nitrogens with zero attached hydrogens (tertiary/aromatic N) is 6. The molecule has 2 fully saturated rings. The fourth-order valence-corrected chi connectivity index (χ4v) is 7.22. The van der Waals surface area contributed by atoms with E-state index in [0.717, 1.165) is 92.2 Å². The van der Waals surface area contributed by atoms with Crippen molar-refractivity contribution in [2.45, 2.75) is 39.7 Å². The molecule has 15 heteroatoms. The van der Waals surface area contributed by atoms with Crippen LogP contribution < -0.4 is 26.0 Å². The molecule has 332 valence electrons. The van der Waals surface area contributed by atoms with E-state index in [9.17, 15) is 9.59 Å². The molecule has 0 spiro atoms. The van der Waals surface area contributed by atoms with Crippen molar-refractivity contribution in [1.82, 2.24) is 34.8 Å². The Morgan fingerprint density at radius 1 is 0.758 bits per heavy atom. The summed E-state index contributed by atoms with van der Waals surface area (Å²) in [7, 11) is 3.47. The minimum atomic E-state index is -0.386. The number of aromatic nitrogens is 3. The van der Waals surface area contributed by atoms with Gasteiger partial charge in [-0.15, -0.1) is 0 Å².